The average molecular weight is 2180 g/mol. The van der Waals surface area contributed by atoms with E-state index >= 15 is 0 Å². The van der Waals surface area contributed by atoms with Gasteiger partial charge in [-0.3, -0.25) is 27.8 Å². The molecule has 2 saturated heterocycles. The fraction of sp³-hybridized carbons (Fsp3) is 0.410. The van der Waals surface area contributed by atoms with Crippen molar-refractivity contribution >= 4 is 182 Å². The fourth-order valence-corrected chi connectivity index (χ4v) is 22.6. The molecule has 0 aliphatic carbocycles. The number of hydrogen-bond donors (Lipinski definition) is 18. The summed E-state index contributed by atoms with van der Waals surface area (Å²) < 4.78 is 199. The number of nitrogens with zero attached hydrogens (tertiary/aromatic N) is 12. The second kappa shape index (κ2) is 48.9. The lowest BCUT2D eigenvalue weighted by atomic mass is 10.1. The van der Waals surface area contributed by atoms with Gasteiger partial charge in [-0.15, -0.1) is 9.72 Å². The Morgan fingerprint density at radius 1 is 0.500 bits per heavy atom. The summed E-state index contributed by atoms with van der Waals surface area (Å²) in [7, 11) is -43.0. The number of carbonyl (C=O) groups excluding carboxylic acids is 4. The smallest absolute Gasteiger partial charge is 0.480 e. The average Bonchev–Trinajstić information content (AvgIpc) is 1.62. The topological polar surface area (TPSA) is 847 Å². The van der Waals surface area contributed by atoms with Gasteiger partial charge in [0.15, 0.2) is 60.0 Å². The molecule has 66 heteroatoms. The lowest BCUT2D eigenvalue weighted by Crippen LogP contribution is -2.42. The maximum absolute atomic E-state index is 13.0. The summed E-state index contributed by atoms with van der Waals surface area (Å²) in [6, 6.07) is 19.7. The number of hydrogen-bond acceptors (Lipinski definition) is 40. The molecule has 12 atom stereocenters. The van der Waals surface area contributed by atoms with E-state index in [1.807, 2.05) is 52.0 Å². The first kappa shape index (κ1) is 113. The Bertz CT molecular complexity index is 7090. The minimum atomic E-state index is -5.65. The highest BCUT2D eigenvalue weighted by Crippen LogP contribution is 2.63. The molecule has 144 heavy (non-hydrogen) atoms. The molecule has 12 rings (SSSR count). The Balaban J connectivity index is 0.000000274. The first-order valence-corrected chi connectivity index (χ1v) is 55.6. The van der Waals surface area contributed by atoms with Crippen LogP contribution in [0.5, 0.6) is 0 Å². The van der Waals surface area contributed by atoms with Crippen LogP contribution in [0.25, 0.3) is 68.6 Å². The Morgan fingerprint density at radius 3 is 1.31 bits per heavy atom. The normalized spacial score (nSPS) is 19.1. The number of carbonyl (C=O) groups is 4. The monoisotopic (exact) mass is 2180 g/mol. The van der Waals surface area contributed by atoms with E-state index in [0.29, 0.717) is 71.9 Å². The van der Waals surface area contributed by atoms with Gasteiger partial charge in [0, 0.05) is 137 Å². The molecule has 0 spiro atoms. The second-order valence-electron chi connectivity index (χ2n) is 31.5. The number of alkyl carbamates (subject to hydrolysis) is 2. The van der Waals surface area contributed by atoms with Crippen LogP contribution in [-0.2, 0) is 107 Å². The van der Waals surface area contributed by atoms with Crippen molar-refractivity contribution in [2.24, 2.45) is 0 Å². The van der Waals surface area contributed by atoms with Gasteiger partial charge in [-0.25, -0.2) is 93.3 Å². The number of aliphatic hydroxyl groups excluding tert-OH is 2. The van der Waals surface area contributed by atoms with Crippen LogP contribution in [0, 0.1) is 0 Å². The van der Waals surface area contributed by atoms with Crippen molar-refractivity contribution in [1.29, 1.82) is 0 Å². The number of ether oxygens (including phenoxy) is 4. The van der Waals surface area contributed by atoms with Crippen LogP contribution in [0.4, 0.5) is 32.6 Å². The summed E-state index contributed by atoms with van der Waals surface area (Å²) in [5.41, 5.74) is 14.9. The van der Waals surface area contributed by atoms with Crippen molar-refractivity contribution in [3.63, 3.8) is 0 Å². The molecule has 0 bridgehead atoms. The Morgan fingerprint density at radius 2 is 0.896 bits per heavy atom. The number of fused-ring (bicyclic) bond motifs is 4. The van der Waals surface area contributed by atoms with Crippen molar-refractivity contribution in [2.45, 2.75) is 151 Å². The molecule has 784 valence electrons. The van der Waals surface area contributed by atoms with E-state index in [1.54, 1.807) is 45.6 Å². The molecule has 20 N–H and O–H groups in total. The van der Waals surface area contributed by atoms with Gasteiger partial charge in [0.05, 0.1) is 37.0 Å². The van der Waals surface area contributed by atoms with Crippen LogP contribution in [0.1, 0.15) is 114 Å². The van der Waals surface area contributed by atoms with Gasteiger partial charge in [-0.1, -0.05) is 0 Å². The number of phosphoric acid groups is 2. The van der Waals surface area contributed by atoms with Crippen LogP contribution in [0.15, 0.2) is 139 Å². The zero-order valence-corrected chi connectivity index (χ0v) is 83.4. The van der Waals surface area contributed by atoms with E-state index in [9.17, 15) is 112 Å². The highest BCUT2D eigenvalue weighted by atomic mass is 32.2. The fourth-order valence-electron chi connectivity index (χ4n) is 14.7. The van der Waals surface area contributed by atoms with Crippen molar-refractivity contribution in [2.75, 3.05) is 86.8 Å². The Kier molecular flexibility index (Phi) is 38.5. The number of rotatable bonds is 48. The van der Waals surface area contributed by atoms with Crippen LogP contribution in [-0.4, -0.2) is 241 Å². The molecule has 4 amide bonds. The number of nitrogens with two attached hydrogens (primary N) is 2. The summed E-state index contributed by atoms with van der Waals surface area (Å²) in [4.78, 5) is 181. The SMILES string of the molecule is CCN(CC)c1ccc2cc(/C=C/c3ccc(S(=O)(=O)[O-])c[n+]3CCCCCC(=O)NCCNC(=O)O[C@@H]3[C@H](O)[C@@H](COP(=O)(O)OP(=O)(O)NP(=O)(O)O)O[C@H]3n3cnc4c(N)ncnc43)c(=O)oc2c1.CCN(CC)c1ccc2cc(/C=C/c3ccc(S(=O)(=O)[O-])c[n+]3CCCCCC(=O)NCCNC(=O)O[C@H]3[C@@H](O)[C@H](n4cnc5c(N)ncnc54)O[C@@H]3COP(=O)(O)OP(=O)(O)NP(=O)(O)O)c(=O)oc2c1. The first-order valence-electron chi connectivity index (χ1n) is 43.4. The number of anilines is 4. The molecule has 10 aromatic rings. The van der Waals surface area contributed by atoms with Gasteiger partial charge in [-0.2, -0.15) is 17.8 Å². The maximum Gasteiger partial charge on any atom is 0.480 e. The number of imidazole rings is 2. The van der Waals surface area contributed by atoms with E-state index < -0.39 is 168 Å². The first-order chi connectivity index (χ1) is 67.7. The Labute approximate surface area is 816 Å². The molecule has 58 nitrogen and oxygen atoms in total. The van der Waals surface area contributed by atoms with Crippen LogP contribution in [0.3, 0.4) is 0 Å². The number of benzene rings is 2. The number of aryl methyl sites for hydroxylation is 2. The van der Waals surface area contributed by atoms with Gasteiger partial charge in [-0.05, 0) is 114 Å². The minimum Gasteiger partial charge on any atom is -0.744 e. The molecule has 2 aromatic carbocycles. The van der Waals surface area contributed by atoms with Crippen molar-refractivity contribution < 1.29 is 176 Å². The van der Waals surface area contributed by atoms with Crippen LogP contribution in [0.2, 0.25) is 0 Å². The molecular weight excluding hydrogens is 2070 g/mol. The van der Waals surface area contributed by atoms with E-state index in [1.165, 1.54) is 51.9 Å². The van der Waals surface area contributed by atoms with Gasteiger partial charge < -0.3 is 129 Å². The highest BCUT2D eigenvalue weighted by Gasteiger charge is 2.52. The lowest BCUT2D eigenvalue weighted by Gasteiger charge is -2.22. The van der Waals surface area contributed by atoms with E-state index in [0.717, 1.165) is 78.6 Å². The third-order valence-corrected chi connectivity index (χ3v) is 31.6. The number of aromatic nitrogens is 10. The van der Waals surface area contributed by atoms with Crippen LogP contribution >= 0.6 is 46.6 Å². The Hall–Kier alpha value is -11.1. The number of nitrogens with one attached hydrogen (secondary N) is 6. The number of nitrogen functional groups attached to an aromatic ring is 2. The quantitative estimate of drug-likeness (QED) is 0.00857. The molecule has 4 unspecified atom stereocenters. The predicted molar refractivity (Wildman–Crippen MR) is 502 cm³/mol. The number of pyridine rings is 2. The number of aliphatic hydroxyl groups is 2. The summed E-state index contributed by atoms with van der Waals surface area (Å²) in [6.45, 7) is 8.92. The lowest BCUT2D eigenvalue weighted by molar-refractivity contribution is -0.701. The predicted octanol–water partition coefficient (Wildman–Crippen LogP) is 2.74. The van der Waals surface area contributed by atoms with E-state index in [4.69, 9.17) is 63.3 Å². The van der Waals surface area contributed by atoms with Crippen molar-refractivity contribution in [1.82, 2.24) is 70.0 Å². The molecular formula is C78H102N20O38P6S2. The molecule has 8 aromatic heterocycles. The zero-order chi connectivity index (χ0) is 105. The van der Waals surface area contributed by atoms with Crippen LogP contribution < -0.4 is 72.6 Å². The second-order valence-corrected chi connectivity index (χ2v) is 43.8. The van der Waals surface area contributed by atoms with E-state index in [2.05, 4.69) is 74.1 Å². The molecule has 2 fully saturated rings. The van der Waals surface area contributed by atoms with E-state index in [-0.39, 0.29) is 103 Å². The summed E-state index contributed by atoms with van der Waals surface area (Å²) in [5, 5.41) is 33.8. The van der Waals surface area contributed by atoms with Gasteiger partial charge in [0.25, 0.3) is 0 Å². The minimum absolute atomic E-state index is 0.0395. The molecule has 0 radical (unpaired) electrons. The third-order valence-electron chi connectivity index (χ3n) is 21.5. The van der Waals surface area contributed by atoms with Gasteiger partial charge >= 0.3 is 70.1 Å². The summed E-state index contributed by atoms with van der Waals surface area (Å²) in [6.07, 6.45) is 0.357. The molecule has 2 aliphatic rings. The van der Waals surface area contributed by atoms with Crippen molar-refractivity contribution in [3.05, 3.63) is 154 Å². The van der Waals surface area contributed by atoms with Gasteiger partial charge in [0.2, 0.25) is 23.2 Å². The van der Waals surface area contributed by atoms with Gasteiger partial charge in [0.1, 0.15) is 102 Å². The zero-order valence-electron chi connectivity index (χ0n) is 76.4. The molecule has 10 heterocycles. The number of phosphoric ester groups is 2. The third kappa shape index (κ3) is 32.0. The highest BCUT2D eigenvalue weighted by molar-refractivity contribution is 7.86. The standard InChI is InChI=1S/2C39H51N10O19P3S/c1-3-47(4-2)27-12-9-24-18-25(38(52)66-29(24)19-27)10-11-26-13-14-28(72(61,62)63)20-48(26)17-7-5-6-8-31(50)41-15-16-42-39(53)67-34-30(21-64-71(59,60)68-70(57,58)46-69(54,55)56)65-37(33(34)51)49-23-45-32-35(40)43-22-44-36(32)49;1-3-47(4-2)27-12-9-24-18-25(38(52)66-29(24)19-27)10-11-26-13-14-28(72(61,62)63)20-48(26)17-7-5-6-8-31(50)41-15-16-42-39(53)67-34-33(51)30(21-64-71(59,60)68-70(57,58)46-69(54,55)56)65-37(34)49-23-45-32-35(40)43-22-44-36(32)49/h2*9-14,18-20,22-23,30,33-34,37,51H,3-8,15-17,21H2,1-2H3,(H9-,40,41,42,43,44,46,50,53,54,55,56,57,58,59,60,61,62,63)/t2*30-,33-,34-,37-/m11/s1. The number of amides is 4. The maximum atomic E-state index is 13.0. The summed E-state index contributed by atoms with van der Waals surface area (Å²) >= 11 is 0. The number of unbranched alkanes of at least 4 members (excludes halogenated alkanes) is 4. The van der Waals surface area contributed by atoms with Crippen molar-refractivity contribution in [3.8, 4) is 0 Å². The molecule has 2 aliphatic heterocycles. The largest absolute Gasteiger partial charge is 0.744 e. The summed E-state index contributed by atoms with van der Waals surface area (Å²) in [5.74, 6) is -0.864. The molecule has 0 saturated carbocycles.